The highest BCUT2D eigenvalue weighted by Gasteiger charge is 2.27. The number of amides is 1. The highest BCUT2D eigenvalue weighted by molar-refractivity contribution is 7.92. The third kappa shape index (κ3) is 4.99. The summed E-state index contributed by atoms with van der Waals surface area (Å²) in [6, 6.07) is 17.1. The van der Waals surface area contributed by atoms with Crippen LogP contribution in [0.3, 0.4) is 0 Å². The lowest BCUT2D eigenvalue weighted by Gasteiger charge is -2.34. The van der Waals surface area contributed by atoms with Crippen LogP contribution >= 0.6 is 11.3 Å². The van der Waals surface area contributed by atoms with Gasteiger partial charge in [0.15, 0.2) is 16.6 Å². The van der Waals surface area contributed by atoms with Crippen molar-refractivity contribution in [3.05, 3.63) is 71.8 Å². The number of aromatic nitrogens is 1. The van der Waals surface area contributed by atoms with Gasteiger partial charge in [0.1, 0.15) is 5.52 Å². The number of hydrogen-bond donors (Lipinski definition) is 1. The van der Waals surface area contributed by atoms with Crippen molar-refractivity contribution in [1.82, 2.24) is 9.88 Å². The molecule has 198 valence electrons. The van der Waals surface area contributed by atoms with Crippen molar-refractivity contribution >= 4 is 48.3 Å². The van der Waals surface area contributed by atoms with Gasteiger partial charge in [0.25, 0.3) is 15.9 Å². The van der Waals surface area contributed by atoms with Gasteiger partial charge in [0, 0.05) is 26.2 Å². The van der Waals surface area contributed by atoms with Crippen LogP contribution in [0.2, 0.25) is 0 Å². The van der Waals surface area contributed by atoms with Gasteiger partial charge in [-0.15, -0.1) is 0 Å². The van der Waals surface area contributed by atoms with Gasteiger partial charge in [0.05, 0.1) is 35.1 Å². The van der Waals surface area contributed by atoms with E-state index < -0.39 is 10.0 Å². The molecule has 0 radical (unpaired) electrons. The molecule has 1 aliphatic rings. The number of carbonyl (C=O) groups excluding carboxylic acids is 1. The third-order valence-electron chi connectivity index (χ3n) is 6.46. The molecule has 1 aromatic heterocycles. The fraction of sp³-hybridized carbons (Fsp3) is 0.259. The first kappa shape index (κ1) is 25.8. The average molecular weight is 553 g/mol. The van der Waals surface area contributed by atoms with Crippen LogP contribution in [0.25, 0.3) is 10.2 Å². The Morgan fingerprint density at radius 2 is 1.66 bits per heavy atom. The second-order valence-electron chi connectivity index (χ2n) is 8.89. The number of thiazole rings is 1. The molecule has 3 aromatic carbocycles. The summed E-state index contributed by atoms with van der Waals surface area (Å²) >= 11 is 1.57. The maximum absolute atomic E-state index is 13.5. The van der Waals surface area contributed by atoms with Crippen molar-refractivity contribution in [1.29, 1.82) is 0 Å². The van der Waals surface area contributed by atoms with E-state index in [4.69, 9.17) is 14.5 Å². The van der Waals surface area contributed by atoms with E-state index in [9.17, 15) is 13.2 Å². The molecule has 9 nitrogen and oxygen atoms in total. The van der Waals surface area contributed by atoms with Gasteiger partial charge in [-0.25, -0.2) is 13.4 Å². The normalized spacial score (nSPS) is 14.0. The lowest BCUT2D eigenvalue weighted by atomic mass is 10.1. The molecule has 1 amide bonds. The number of fused-ring (bicyclic) bond motifs is 1. The molecule has 0 saturated carbocycles. The van der Waals surface area contributed by atoms with Crippen LogP contribution in [0.15, 0.2) is 65.6 Å². The molecule has 0 unspecified atom stereocenters. The molecule has 1 fully saturated rings. The minimum absolute atomic E-state index is 0.143. The number of piperazine rings is 1. The number of benzene rings is 3. The minimum atomic E-state index is -3.84. The number of methoxy groups -OCH3 is 2. The van der Waals surface area contributed by atoms with Gasteiger partial charge in [-0.2, -0.15) is 0 Å². The molecule has 4 aromatic rings. The zero-order valence-corrected chi connectivity index (χ0v) is 22.9. The number of anilines is 2. The van der Waals surface area contributed by atoms with Crippen molar-refractivity contribution in [2.45, 2.75) is 11.8 Å². The fourth-order valence-corrected chi connectivity index (χ4v) is 6.48. The maximum Gasteiger partial charge on any atom is 0.261 e. The van der Waals surface area contributed by atoms with Crippen LogP contribution in [-0.2, 0) is 10.0 Å². The molecule has 2 heterocycles. The Balaban J connectivity index is 1.31. The molecule has 38 heavy (non-hydrogen) atoms. The van der Waals surface area contributed by atoms with Crippen LogP contribution in [0, 0.1) is 6.92 Å². The standard InChI is InChI=1S/C27H28N4O5S2/c1-18-8-10-19(11-9-18)38(33,34)29-21-7-5-4-6-20(21)26(32)30-14-16-31(17-15-30)27-28-24-23(37-27)13-12-22(35-2)25(24)36-3/h4-13,29H,14-17H2,1-3H3. The van der Waals surface area contributed by atoms with E-state index in [0.717, 1.165) is 20.9 Å². The largest absolute Gasteiger partial charge is 0.493 e. The molecular formula is C27H28N4O5S2. The SMILES string of the molecule is COc1ccc2sc(N3CCN(C(=O)c4ccccc4NS(=O)(=O)c4ccc(C)cc4)CC3)nc2c1OC. The molecule has 1 saturated heterocycles. The number of rotatable bonds is 7. The molecule has 11 heteroatoms. The molecule has 0 bridgehead atoms. The van der Waals surface area contributed by atoms with Crippen LogP contribution in [0.5, 0.6) is 11.5 Å². The Kier molecular flexibility index (Phi) is 7.13. The first-order chi connectivity index (χ1) is 18.3. The lowest BCUT2D eigenvalue weighted by Crippen LogP contribution is -2.48. The van der Waals surface area contributed by atoms with Crippen LogP contribution in [0.1, 0.15) is 15.9 Å². The van der Waals surface area contributed by atoms with E-state index in [2.05, 4.69) is 9.62 Å². The zero-order chi connectivity index (χ0) is 26.9. The molecule has 0 spiro atoms. The number of nitrogens with zero attached hydrogens (tertiary/aromatic N) is 3. The number of ether oxygens (including phenoxy) is 2. The van der Waals surface area contributed by atoms with Crippen LogP contribution in [0.4, 0.5) is 10.8 Å². The molecule has 0 aliphatic carbocycles. The smallest absolute Gasteiger partial charge is 0.261 e. The number of para-hydroxylation sites is 1. The van der Waals surface area contributed by atoms with Gasteiger partial charge in [-0.05, 0) is 43.3 Å². The first-order valence-electron chi connectivity index (χ1n) is 12.0. The number of nitrogens with one attached hydrogen (secondary N) is 1. The second-order valence-corrected chi connectivity index (χ2v) is 11.6. The van der Waals surface area contributed by atoms with Crippen molar-refractivity contribution in [3.8, 4) is 11.5 Å². The van der Waals surface area contributed by atoms with Gasteiger partial charge in [-0.1, -0.05) is 41.2 Å². The van der Waals surface area contributed by atoms with E-state index in [0.29, 0.717) is 43.2 Å². The summed E-state index contributed by atoms with van der Waals surface area (Å²) < 4.78 is 40.4. The molecule has 1 N–H and O–H groups in total. The predicted molar refractivity (Wildman–Crippen MR) is 149 cm³/mol. The van der Waals surface area contributed by atoms with E-state index in [1.54, 1.807) is 79.0 Å². The maximum atomic E-state index is 13.5. The molecule has 5 rings (SSSR count). The first-order valence-corrected chi connectivity index (χ1v) is 14.3. The molecule has 1 aliphatic heterocycles. The summed E-state index contributed by atoms with van der Waals surface area (Å²) in [4.78, 5) is 22.3. The second kappa shape index (κ2) is 10.5. The average Bonchev–Trinajstić information content (AvgIpc) is 3.37. The van der Waals surface area contributed by atoms with E-state index >= 15 is 0 Å². The summed E-state index contributed by atoms with van der Waals surface area (Å²) in [6.45, 7) is 4.05. The van der Waals surface area contributed by atoms with Gasteiger partial charge in [-0.3, -0.25) is 9.52 Å². The van der Waals surface area contributed by atoms with Crippen molar-refractivity contribution in [3.63, 3.8) is 0 Å². The number of aryl methyl sites for hydroxylation is 1. The van der Waals surface area contributed by atoms with E-state index in [1.165, 1.54) is 0 Å². The Morgan fingerprint density at radius 3 is 2.34 bits per heavy atom. The summed E-state index contributed by atoms with van der Waals surface area (Å²) in [5.41, 5.74) is 2.28. The van der Waals surface area contributed by atoms with Crippen LogP contribution in [-0.4, -0.2) is 64.6 Å². The number of hydrogen-bond acceptors (Lipinski definition) is 8. The fourth-order valence-electron chi connectivity index (χ4n) is 4.38. The number of sulfonamides is 1. The summed E-state index contributed by atoms with van der Waals surface area (Å²) in [5, 5.41) is 0.852. The summed E-state index contributed by atoms with van der Waals surface area (Å²) in [5.74, 6) is 1.01. The molecule has 0 atom stereocenters. The summed E-state index contributed by atoms with van der Waals surface area (Å²) in [7, 11) is -0.648. The highest BCUT2D eigenvalue weighted by Crippen LogP contribution is 2.40. The monoisotopic (exact) mass is 552 g/mol. The Bertz CT molecular complexity index is 1580. The van der Waals surface area contributed by atoms with Gasteiger partial charge < -0.3 is 19.3 Å². The summed E-state index contributed by atoms with van der Waals surface area (Å²) in [6.07, 6.45) is 0. The Labute approximate surface area is 225 Å². The Hall–Kier alpha value is -3.83. The number of carbonyl (C=O) groups is 1. The highest BCUT2D eigenvalue weighted by atomic mass is 32.2. The zero-order valence-electron chi connectivity index (χ0n) is 21.3. The lowest BCUT2D eigenvalue weighted by molar-refractivity contribution is 0.0748. The quantitative estimate of drug-likeness (QED) is 0.363. The van der Waals surface area contributed by atoms with Crippen LogP contribution < -0.4 is 19.1 Å². The van der Waals surface area contributed by atoms with Crippen molar-refractivity contribution < 1.29 is 22.7 Å². The van der Waals surface area contributed by atoms with Crippen molar-refractivity contribution in [2.24, 2.45) is 0 Å². The van der Waals surface area contributed by atoms with Gasteiger partial charge >= 0.3 is 0 Å². The van der Waals surface area contributed by atoms with E-state index in [1.807, 2.05) is 19.1 Å². The van der Waals surface area contributed by atoms with E-state index in [-0.39, 0.29) is 16.5 Å². The van der Waals surface area contributed by atoms with Gasteiger partial charge in [0.2, 0.25) is 0 Å². The minimum Gasteiger partial charge on any atom is -0.493 e. The molecular weight excluding hydrogens is 524 g/mol. The Morgan fingerprint density at radius 1 is 0.947 bits per heavy atom. The third-order valence-corrected chi connectivity index (χ3v) is 8.92. The van der Waals surface area contributed by atoms with Crippen molar-refractivity contribution in [2.75, 3.05) is 50.0 Å². The predicted octanol–water partition coefficient (Wildman–Crippen LogP) is 4.39. The topological polar surface area (TPSA) is 101 Å².